The predicted molar refractivity (Wildman–Crippen MR) is 356 cm³/mol. The minimum Gasteiger partial charge on any atom is -0.459 e. The van der Waals surface area contributed by atoms with Crippen LogP contribution in [0.1, 0.15) is 235 Å². The first kappa shape index (κ1) is 69.9. The molecule has 0 radical (unpaired) electrons. The number of hydrogen-bond donors (Lipinski definition) is 2. The number of hydrogen-bond acceptors (Lipinski definition) is 14. The Morgan fingerprint density at radius 2 is 1.00 bits per heavy atom. The van der Waals surface area contributed by atoms with Crippen molar-refractivity contribution in [2.45, 2.75) is 220 Å². The second-order valence-corrected chi connectivity index (χ2v) is 34.6. The lowest BCUT2D eigenvalue weighted by Gasteiger charge is -2.47. The molecule has 3 amide bonds. The van der Waals surface area contributed by atoms with Gasteiger partial charge in [0.05, 0.1) is 40.1 Å². The predicted octanol–water partition coefficient (Wildman–Crippen LogP) is 13.5. The number of amides is 3. The van der Waals surface area contributed by atoms with E-state index in [0.717, 1.165) is 81.8 Å². The number of nitrogens with one attached hydrogen (secondary N) is 2. The molecule has 4 aliphatic rings. The first-order valence-electron chi connectivity index (χ1n) is 32.2. The van der Waals surface area contributed by atoms with Crippen molar-refractivity contribution < 1.29 is 40.8 Å². The van der Waals surface area contributed by atoms with Crippen LogP contribution in [-0.2, 0) is 40.5 Å². The zero-order valence-corrected chi connectivity index (χ0v) is 58.1. The van der Waals surface area contributed by atoms with Crippen molar-refractivity contribution in [2.75, 3.05) is 12.5 Å². The number of ether oxygens (including phenoxy) is 1. The van der Waals surface area contributed by atoms with Gasteiger partial charge in [0.15, 0.2) is 25.5 Å². The van der Waals surface area contributed by atoms with E-state index in [-0.39, 0.29) is 79.9 Å². The van der Waals surface area contributed by atoms with E-state index in [1.54, 1.807) is 72.8 Å². The van der Waals surface area contributed by atoms with Gasteiger partial charge in [-0.15, -0.1) is 10.2 Å². The van der Waals surface area contributed by atoms with Crippen LogP contribution in [0.5, 0.6) is 0 Å². The number of carbonyl (C=O) groups is 4. The molecule has 2 aliphatic carbocycles. The highest BCUT2D eigenvalue weighted by molar-refractivity contribution is 7.91. The lowest BCUT2D eigenvalue weighted by atomic mass is 9.69. The Balaban J connectivity index is 0.000000235. The first-order chi connectivity index (χ1) is 42.3. The van der Waals surface area contributed by atoms with Crippen molar-refractivity contribution in [1.29, 1.82) is 0 Å². The standard InChI is InChI=1S/C36H50N2O5S.C35H47N7O4S/c1-24(2)43-33(40)26-15-13-25(14-16-26)30(19-20-34(3,4)5)38-32(39)31(27-11-10-12-29(23-27)44(9,41)42)37-36(38)21-17-28(18-22-36)35(6,7)8;1-33(2,3)18-17-28(23-11-13-24(14-12-23)31(43)36-22-29-38-40-41-39-29)42-32(44)30(25-9-8-10-27(21-25)47(7,45)46)37-35(42)19-15-26(16-20-35)34(4,5)6/h10-16,23-24,28,30H,17-22H2,1-9H3;8-14,21,26,28H,15-20,22H2,1-7H3,(H,36,43)(H,38,39,40,41)/t28?,30-,36?;26?,28-,35?/m11/s1. The summed E-state index contributed by atoms with van der Waals surface area (Å²) in [6, 6.07) is 27.4. The molecule has 2 saturated carbocycles. The van der Waals surface area contributed by atoms with Crippen LogP contribution in [0.4, 0.5) is 0 Å². The van der Waals surface area contributed by atoms with Gasteiger partial charge in [-0.1, -0.05) is 137 Å². The summed E-state index contributed by atoms with van der Waals surface area (Å²) in [4.78, 5) is 69.7. The number of aromatic amines is 1. The van der Waals surface area contributed by atoms with Crippen molar-refractivity contribution >= 4 is 54.8 Å². The smallest absolute Gasteiger partial charge is 0.338 e. The molecule has 91 heavy (non-hydrogen) atoms. The van der Waals surface area contributed by atoms with Gasteiger partial charge in [-0.3, -0.25) is 24.4 Å². The Morgan fingerprint density at radius 1 is 0.604 bits per heavy atom. The van der Waals surface area contributed by atoms with Crippen LogP contribution in [0, 0.1) is 33.5 Å². The molecule has 9 rings (SSSR count). The summed E-state index contributed by atoms with van der Waals surface area (Å²) >= 11 is 0. The van der Waals surface area contributed by atoms with E-state index in [1.807, 2.05) is 47.9 Å². The first-order valence-corrected chi connectivity index (χ1v) is 36.0. The summed E-state index contributed by atoms with van der Waals surface area (Å²) < 4.78 is 55.1. The molecule has 20 heteroatoms. The van der Waals surface area contributed by atoms with Gasteiger partial charge in [-0.25, -0.2) is 21.6 Å². The third-order valence-electron chi connectivity index (χ3n) is 18.7. The molecular weight excluding hydrogens is 1190 g/mol. The van der Waals surface area contributed by atoms with E-state index in [4.69, 9.17) is 14.7 Å². The summed E-state index contributed by atoms with van der Waals surface area (Å²) in [7, 11) is -6.94. The Bertz CT molecular complexity index is 3720. The van der Waals surface area contributed by atoms with Crippen LogP contribution in [0.3, 0.4) is 0 Å². The van der Waals surface area contributed by atoms with Gasteiger partial charge < -0.3 is 19.9 Å². The molecule has 492 valence electrons. The summed E-state index contributed by atoms with van der Waals surface area (Å²) in [5, 5.41) is 16.4. The van der Waals surface area contributed by atoms with Crippen molar-refractivity contribution in [3.63, 3.8) is 0 Å². The molecular formula is C71H97N9O9S2. The average Bonchev–Trinajstić information content (AvgIpc) is 1.61. The van der Waals surface area contributed by atoms with E-state index in [9.17, 15) is 36.0 Å². The van der Waals surface area contributed by atoms with Gasteiger partial charge >= 0.3 is 5.97 Å². The normalized spacial score (nSPS) is 21.5. The summed E-state index contributed by atoms with van der Waals surface area (Å²) in [5.41, 5.74) is 3.35. The van der Waals surface area contributed by atoms with Crippen LogP contribution >= 0.6 is 0 Å². The monoisotopic (exact) mass is 1280 g/mol. The number of benzene rings is 4. The van der Waals surface area contributed by atoms with Gasteiger partial charge in [0.25, 0.3) is 17.7 Å². The Kier molecular flexibility index (Phi) is 20.7. The molecule has 5 aromatic rings. The third-order valence-corrected chi connectivity index (χ3v) is 20.9. The minimum absolute atomic E-state index is 0.0145. The van der Waals surface area contributed by atoms with Crippen molar-refractivity contribution in [3.05, 3.63) is 136 Å². The maximum absolute atomic E-state index is 14.7. The number of H-pyrrole nitrogens is 1. The molecule has 2 N–H and O–H groups in total. The van der Waals surface area contributed by atoms with Crippen LogP contribution < -0.4 is 5.32 Å². The number of aliphatic imine (C=N–C) groups is 2. The SMILES string of the molecule is CC(C)(C)CC[C@H](c1ccc(C(=O)NCc2nn[nH]n2)cc1)N1C(=O)C(c2cccc(S(C)(=O)=O)c2)=NC12CCC(C(C)(C)C)CC2.CC(C)OC(=O)c1ccc([C@@H](CCC(C)(C)C)N2C(=O)C(c3cccc(S(C)(=O)=O)c3)=NC23CCC(C(C)(C)C)CC3)cc1. The molecule has 0 unspecified atom stereocenters. The van der Waals surface area contributed by atoms with Crippen LogP contribution in [0.15, 0.2) is 117 Å². The fourth-order valence-electron chi connectivity index (χ4n) is 13.3. The molecule has 0 saturated heterocycles. The van der Waals surface area contributed by atoms with E-state index in [2.05, 4.69) is 109 Å². The average molecular weight is 1280 g/mol. The fraction of sp³-hybridized carbons (Fsp3) is 0.563. The van der Waals surface area contributed by atoms with Gasteiger partial charge in [0.2, 0.25) is 0 Å². The third kappa shape index (κ3) is 17.0. The molecule has 2 aliphatic heterocycles. The highest BCUT2D eigenvalue weighted by Gasteiger charge is 2.55. The number of rotatable bonds is 17. The Labute approximate surface area is 540 Å². The Hall–Kier alpha value is -6.93. The summed E-state index contributed by atoms with van der Waals surface area (Å²) in [5.74, 6) is 0.391. The number of nitrogens with zero attached hydrogens (tertiary/aromatic N) is 7. The molecule has 2 atom stereocenters. The highest BCUT2D eigenvalue weighted by atomic mass is 32.2. The number of carbonyl (C=O) groups excluding carboxylic acids is 4. The largest absolute Gasteiger partial charge is 0.459 e. The van der Waals surface area contributed by atoms with Gasteiger partial charge in [0.1, 0.15) is 22.7 Å². The molecule has 18 nitrogen and oxygen atoms in total. The summed E-state index contributed by atoms with van der Waals surface area (Å²) in [6.07, 6.45) is 11.9. The molecule has 4 aromatic carbocycles. The molecule has 3 heterocycles. The quantitative estimate of drug-likeness (QED) is 0.0826. The maximum atomic E-state index is 14.7. The number of sulfone groups is 2. The number of aromatic nitrogens is 4. The molecule has 2 fully saturated rings. The zero-order chi connectivity index (χ0) is 66.9. The van der Waals surface area contributed by atoms with Gasteiger partial charge in [-0.2, -0.15) is 5.21 Å². The van der Waals surface area contributed by atoms with Crippen molar-refractivity contribution in [3.8, 4) is 0 Å². The maximum Gasteiger partial charge on any atom is 0.338 e. The molecule has 2 spiro atoms. The van der Waals surface area contributed by atoms with E-state index < -0.39 is 31.0 Å². The van der Waals surface area contributed by atoms with Gasteiger partial charge in [-0.05, 0) is 184 Å². The van der Waals surface area contributed by atoms with Crippen molar-refractivity contribution in [1.82, 2.24) is 35.7 Å². The van der Waals surface area contributed by atoms with Crippen molar-refractivity contribution in [2.24, 2.45) is 43.5 Å². The second-order valence-electron chi connectivity index (χ2n) is 30.6. The fourth-order valence-corrected chi connectivity index (χ4v) is 14.7. The zero-order valence-electron chi connectivity index (χ0n) is 56.4. The highest BCUT2D eigenvalue weighted by Crippen LogP contribution is 2.52. The van der Waals surface area contributed by atoms with Crippen LogP contribution in [0.25, 0.3) is 0 Å². The van der Waals surface area contributed by atoms with E-state index >= 15 is 0 Å². The summed E-state index contributed by atoms with van der Waals surface area (Å²) in [6.45, 7) is 30.6. The Morgan fingerprint density at radius 3 is 1.34 bits per heavy atom. The topological polar surface area (TPSA) is 243 Å². The van der Waals surface area contributed by atoms with E-state index in [1.165, 1.54) is 12.5 Å². The molecule has 0 bridgehead atoms. The van der Waals surface area contributed by atoms with Crippen LogP contribution in [0.2, 0.25) is 0 Å². The number of tetrazole rings is 1. The lowest BCUT2D eigenvalue weighted by Crippen LogP contribution is -2.51. The number of esters is 1. The lowest BCUT2D eigenvalue weighted by molar-refractivity contribution is -0.134. The minimum atomic E-state index is -3.48. The van der Waals surface area contributed by atoms with Gasteiger partial charge in [0, 0.05) is 29.2 Å². The van der Waals surface area contributed by atoms with E-state index in [0.29, 0.717) is 57.8 Å². The second kappa shape index (κ2) is 27.0. The van der Waals surface area contributed by atoms with Crippen LogP contribution in [-0.4, -0.2) is 112 Å². The molecule has 1 aromatic heterocycles.